The number of nitrogens with one attached hydrogen (secondary N) is 1. The molecule has 1 aliphatic rings. The zero-order valence-electron chi connectivity index (χ0n) is 12.1. The molecule has 1 aromatic heterocycles. The van der Waals surface area contributed by atoms with E-state index in [1.54, 1.807) is 18.1 Å². The Bertz CT molecular complexity index is 431. The highest BCUT2D eigenvalue weighted by atomic mass is 16.5. The highest BCUT2D eigenvalue weighted by molar-refractivity contribution is 5.91. The van der Waals surface area contributed by atoms with Crippen LogP contribution >= 0.6 is 0 Å². The highest BCUT2D eigenvalue weighted by Crippen LogP contribution is 2.28. The van der Waals surface area contributed by atoms with Crippen LogP contribution in [0.2, 0.25) is 0 Å². The first-order valence-corrected chi connectivity index (χ1v) is 7.09. The maximum atomic E-state index is 12.1. The van der Waals surface area contributed by atoms with Crippen molar-refractivity contribution < 1.29 is 9.53 Å². The molecule has 1 saturated carbocycles. The average molecular weight is 278 g/mol. The lowest BCUT2D eigenvalue weighted by Gasteiger charge is -2.16. The van der Waals surface area contributed by atoms with Crippen molar-refractivity contribution in [2.45, 2.75) is 19.8 Å². The van der Waals surface area contributed by atoms with Gasteiger partial charge in [-0.1, -0.05) is 0 Å². The molecule has 20 heavy (non-hydrogen) atoms. The Labute approximate surface area is 119 Å². The minimum atomic E-state index is -0.129. The average Bonchev–Trinajstić information content (AvgIpc) is 3.28. The summed E-state index contributed by atoms with van der Waals surface area (Å²) in [7, 11) is 1.75. The molecule has 6 heteroatoms. The van der Waals surface area contributed by atoms with Gasteiger partial charge in [-0.25, -0.2) is 9.97 Å². The van der Waals surface area contributed by atoms with Crippen molar-refractivity contribution in [3.05, 3.63) is 18.1 Å². The number of aromatic nitrogens is 2. The minimum Gasteiger partial charge on any atom is -0.379 e. The summed E-state index contributed by atoms with van der Waals surface area (Å²) >= 11 is 0. The molecule has 0 aliphatic heterocycles. The summed E-state index contributed by atoms with van der Waals surface area (Å²) < 4.78 is 5.53. The summed E-state index contributed by atoms with van der Waals surface area (Å²) in [5, 5.41) is 3.04. The predicted molar refractivity (Wildman–Crippen MR) is 76.7 cm³/mol. The van der Waals surface area contributed by atoms with Crippen molar-refractivity contribution in [3.8, 4) is 0 Å². The number of carbonyl (C=O) groups excluding carboxylic acids is 1. The molecule has 1 heterocycles. The summed E-state index contributed by atoms with van der Waals surface area (Å²) in [5.41, 5.74) is 0.358. The van der Waals surface area contributed by atoms with Crippen LogP contribution < -0.4 is 5.32 Å². The molecule has 110 valence electrons. The fourth-order valence-corrected chi connectivity index (χ4v) is 1.74. The van der Waals surface area contributed by atoms with Gasteiger partial charge in [0.2, 0.25) is 0 Å². The summed E-state index contributed by atoms with van der Waals surface area (Å²) in [4.78, 5) is 22.0. The molecule has 0 unspecified atom stereocenters. The van der Waals surface area contributed by atoms with Gasteiger partial charge >= 0.3 is 0 Å². The zero-order valence-corrected chi connectivity index (χ0v) is 12.1. The van der Waals surface area contributed by atoms with Crippen molar-refractivity contribution in [1.29, 1.82) is 0 Å². The number of amides is 1. The van der Waals surface area contributed by atoms with Crippen LogP contribution in [0.1, 0.15) is 30.3 Å². The maximum Gasteiger partial charge on any atom is 0.273 e. The van der Waals surface area contributed by atoms with E-state index in [2.05, 4.69) is 15.3 Å². The van der Waals surface area contributed by atoms with Crippen molar-refractivity contribution in [1.82, 2.24) is 14.9 Å². The van der Waals surface area contributed by atoms with E-state index in [1.807, 2.05) is 6.92 Å². The summed E-state index contributed by atoms with van der Waals surface area (Å²) in [6, 6.07) is 0. The van der Waals surface area contributed by atoms with Crippen LogP contribution in [0.15, 0.2) is 12.4 Å². The van der Waals surface area contributed by atoms with Crippen molar-refractivity contribution in [2.24, 2.45) is 5.92 Å². The topological polar surface area (TPSA) is 67.4 Å². The second-order valence-electron chi connectivity index (χ2n) is 5.06. The fraction of sp³-hybridized carbons (Fsp3) is 0.643. The Hall–Kier alpha value is -1.69. The van der Waals surface area contributed by atoms with Crippen molar-refractivity contribution >= 4 is 11.7 Å². The lowest BCUT2D eigenvalue weighted by molar-refractivity contribution is 0.0675. The van der Waals surface area contributed by atoms with Gasteiger partial charge in [0.05, 0.1) is 19.0 Å². The molecular weight excluding hydrogens is 256 g/mol. The number of rotatable bonds is 8. The quantitative estimate of drug-likeness (QED) is 0.728. The lowest BCUT2D eigenvalue weighted by Crippen LogP contribution is -2.31. The molecule has 1 N–H and O–H groups in total. The van der Waals surface area contributed by atoms with Gasteiger partial charge in [0, 0.05) is 26.7 Å². The van der Waals surface area contributed by atoms with Crippen LogP contribution in [-0.2, 0) is 4.74 Å². The van der Waals surface area contributed by atoms with Gasteiger partial charge < -0.3 is 15.0 Å². The van der Waals surface area contributed by atoms with Gasteiger partial charge in [0.1, 0.15) is 11.5 Å². The Balaban J connectivity index is 1.75. The maximum absolute atomic E-state index is 12.1. The van der Waals surface area contributed by atoms with E-state index in [-0.39, 0.29) is 5.91 Å². The third-order valence-corrected chi connectivity index (χ3v) is 3.20. The van der Waals surface area contributed by atoms with Gasteiger partial charge in [-0.3, -0.25) is 4.79 Å². The number of carbonyl (C=O) groups is 1. The first-order chi connectivity index (χ1) is 9.70. The fourth-order valence-electron chi connectivity index (χ4n) is 1.74. The number of nitrogens with zero attached hydrogens (tertiary/aromatic N) is 3. The first kappa shape index (κ1) is 14.7. The van der Waals surface area contributed by atoms with Crippen molar-refractivity contribution in [2.75, 3.05) is 38.7 Å². The third-order valence-electron chi connectivity index (χ3n) is 3.20. The molecule has 1 aliphatic carbocycles. The lowest BCUT2D eigenvalue weighted by atomic mass is 10.4. The van der Waals surface area contributed by atoms with Crippen molar-refractivity contribution in [3.63, 3.8) is 0 Å². The second kappa shape index (κ2) is 7.19. The molecule has 0 saturated heterocycles. The van der Waals surface area contributed by atoms with Gasteiger partial charge in [-0.2, -0.15) is 0 Å². The monoisotopic (exact) mass is 278 g/mol. The number of anilines is 1. The Morgan fingerprint density at radius 2 is 2.25 bits per heavy atom. The van der Waals surface area contributed by atoms with E-state index >= 15 is 0 Å². The molecular formula is C14H22N4O2. The zero-order chi connectivity index (χ0) is 14.4. The normalized spacial score (nSPS) is 14.1. The molecule has 0 radical (unpaired) electrons. The first-order valence-electron chi connectivity index (χ1n) is 7.09. The number of ether oxygens (including phenoxy) is 1. The highest BCUT2D eigenvalue weighted by Gasteiger charge is 2.21. The number of hydrogen-bond acceptors (Lipinski definition) is 5. The molecule has 1 aromatic rings. The van der Waals surface area contributed by atoms with Gasteiger partial charge in [-0.15, -0.1) is 0 Å². The smallest absolute Gasteiger partial charge is 0.273 e. The number of hydrogen-bond donors (Lipinski definition) is 1. The third kappa shape index (κ3) is 4.45. The predicted octanol–water partition coefficient (Wildman–Crippen LogP) is 1.41. The van der Waals surface area contributed by atoms with Crippen LogP contribution in [0, 0.1) is 5.92 Å². The molecule has 2 rings (SSSR count). The van der Waals surface area contributed by atoms with Gasteiger partial charge in [0.25, 0.3) is 5.91 Å². The minimum absolute atomic E-state index is 0.129. The molecule has 1 amide bonds. The SMILES string of the molecule is CCNc1cnc(C(=O)N(C)CCOCC2CC2)cn1. The largest absolute Gasteiger partial charge is 0.379 e. The molecule has 1 fully saturated rings. The van der Waals surface area contributed by atoms with Gasteiger partial charge in [0.15, 0.2) is 0 Å². The molecule has 0 spiro atoms. The van der Waals surface area contributed by atoms with Crippen LogP contribution in [0.5, 0.6) is 0 Å². The number of likely N-dealkylation sites (N-methyl/N-ethyl adjacent to an activating group) is 1. The van der Waals surface area contributed by atoms with E-state index in [0.717, 1.165) is 19.1 Å². The van der Waals surface area contributed by atoms with E-state index in [4.69, 9.17) is 4.74 Å². The Kier molecular flexibility index (Phi) is 5.29. The summed E-state index contributed by atoms with van der Waals surface area (Å²) in [5.74, 6) is 1.30. The van der Waals surface area contributed by atoms with Crippen LogP contribution in [-0.4, -0.2) is 54.1 Å². The van der Waals surface area contributed by atoms with Crippen LogP contribution in [0.3, 0.4) is 0 Å². The van der Waals surface area contributed by atoms with E-state index in [9.17, 15) is 4.79 Å². The van der Waals surface area contributed by atoms with E-state index < -0.39 is 0 Å². The Morgan fingerprint density at radius 3 is 2.85 bits per heavy atom. The van der Waals surface area contributed by atoms with Crippen LogP contribution in [0.4, 0.5) is 5.82 Å². The Morgan fingerprint density at radius 1 is 1.45 bits per heavy atom. The molecule has 0 atom stereocenters. The van der Waals surface area contributed by atoms with Gasteiger partial charge in [-0.05, 0) is 25.7 Å². The van der Waals surface area contributed by atoms with E-state index in [0.29, 0.717) is 24.7 Å². The molecule has 0 bridgehead atoms. The summed E-state index contributed by atoms with van der Waals surface area (Å²) in [6.07, 6.45) is 5.64. The summed E-state index contributed by atoms with van der Waals surface area (Å²) in [6.45, 7) is 4.72. The second-order valence-corrected chi connectivity index (χ2v) is 5.06. The molecule has 6 nitrogen and oxygen atoms in total. The standard InChI is InChI=1S/C14H22N4O2/c1-3-15-13-9-16-12(8-17-13)14(19)18(2)6-7-20-10-11-4-5-11/h8-9,11H,3-7,10H2,1-2H3,(H,15,17). The van der Waals surface area contributed by atoms with Crippen LogP contribution in [0.25, 0.3) is 0 Å². The van der Waals surface area contributed by atoms with E-state index in [1.165, 1.54) is 19.0 Å². The molecule has 0 aromatic carbocycles.